The largest absolute Gasteiger partial charge is 0.444 e. The first-order chi connectivity index (χ1) is 14.7. The molecular formula is C22H25N5O4. The second-order valence-electron chi connectivity index (χ2n) is 8.27. The minimum atomic E-state index is -0.857. The molecule has 1 aromatic heterocycles. The number of hydrogen-bond donors (Lipinski definition) is 1. The summed E-state index contributed by atoms with van der Waals surface area (Å²) in [4.78, 5) is 35.0. The van der Waals surface area contributed by atoms with Gasteiger partial charge in [-0.15, -0.1) is 0 Å². The molecule has 0 aliphatic carbocycles. The van der Waals surface area contributed by atoms with E-state index in [1.54, 1.807) is 45.0 Å². The molecule has 1 fully saturated rings. The number of amides is 2. The lowest BCUT2D eigenvalue weighted by atomic mass is 10.1. The number of anilines is 1. The summed E-state index contributed by atoms with van der Waals surface area (Å²) in [6.45, 7) is 7.50. The molecule has 0 radical (unpaired) electrons. The highest BCUT2D eigenvalue weighted by molar-refractivity contribution is 5.94. The first kappa shape index (κ1) is 22.2. The number of benzene rings is 1. The SMILES string of the molecule is CC1CO[C@@H](C(=O)Nc2cc(-c3cccc(C#N)c3)ncn2)CN1C(=O)OC(C)(C)C. The molecule has 2 aromatic rings. The minimum Gasteiger partial charge on any atom is -0.444 e. The van der Waals surface area contributed by atoms with Crippen molar-refractivity contribution >= 4 is 17.8 Å². The second-order valence-corrected chi connectivity index (χ2v) is 8.27. The average molecular weight is 423 g/mol. The predicted molar refractivity (Wildman–Crippen MR) is 113 cm³/mol. The maximum absolute atomic E-state index is 12.8. The molecule has 0 bridgehead atoms. The van der Waals surface area contributed by atoms with Crippen LogP contribution in [0.1, 0.15) is 33.3 Å². The fraction of sp³-hybridized carbons (Fsp3) is 0.409. The van der Waals surface area contributed by atoms with E-state index in [0.717, 1.165) is 5.56 Å². The van der Waals surface area contributed by atoms with Gasteiger partial charge in [-0.1, -0.05) is 12.1 Å². The maximum Gasteiger partial charge on any atom is 0.410 e. The quantitative estimate of drug-likeness (QED) is 0.806. The summed E-state index contributed by atoms with van der Waals surface area (Å²) in [6.07, 6.45) is -0.00676. The molecule has 2 amide bonds. The van der Waals surface area contributed by atoms with Crippen LogP contribution in [-0.2, 0) is 14.3 Å². The first-order valence-corrected chi connectivity index (χ1v) is 9.91. The predicted octanol–water partition coefficient (Wildman–Crippen LogP) is 2.98. The first-order valence-electron chi connectivity index (χ1n) is 9.91. The molecule has 2 heterocycles. The third-order valence-electron chi connectivity index (χ3n) is 4.56. The third kappa shape index (κ3) is 5.77. The Morgan fingerprint density at radius 2 is 2.06 bits per heavy atom. The monoisotopic (exact) mass is 423 g/mol. The number of rotatable bonds is 3. The zero-order valence-corrected chi connectivity index (χ0v) is 18.0. The Morgan fingerprint density at radius 1 is 1.29 bits per heavy atom. The number of carbonyl (C=O) groups is 2. The van der Waals surface area contributed by atoms with Crippen LogP contribution in [-0.4, -0.2) is 57.8 Å². The van der Waals surface area contributed by atoms with Gasteiger partial charge >= 0.3 is 6.09 Å². The van der Waals surface area contributed by atoms with E-state index in [1.807, 2.05) is 13.0 Å². The van der Waals surface area contributed by atoms with Crippen molar-refractivity contribution in [1.29, 1.82) is 5.26 Å². The Hall–Kier alpha value is -3.51. The summed E-state index contributed by atoms with van der Waals surface area (Å²) in [6, 6.07) is 10.5. The van der Waals surface area contributed by atoms with Crippen LogP contribution in [0.5, 0.6) is 0 Å². The Bertz CT molecular complexity index is 1010. The summed E-state index contributed by atoms with van der Waals surface area (Å²) in [5, 5.41) is 11.8. The van der Waals surface area contributed by atoms with Gasteiger partial charge in [0.15, 0.2) is 6.10 Å². The van der Waals surface area contributed by atoms with Crippen molar-refractivity contribution in [1.82, 2.24) is 14.9 Å². The minimum absolute atomic E-state index is 0.0735. The number of nitrogens with one attached hydrogen (secondary N) is 1. The van der Waals surface area contributed by atoms with E-state index in [-0.39, 0.29) is 19.2 Å². The Kier molecular flexibility index (Phi) is 6.51. The van der Waals surface area contributed by atoms with Crippen molar-refractivity contribution < 1.29 is 19.1 Å². The molecule has 1 aromatic carbocycles. The molecule has 1 unspecified atom stereocenters. The molecule has 162 valence electrons. The number of ether oxygens (including phenoxy) is 2. The molecule has 31 heavy (non-hydrogen) atoms. The fourth-order valence-electron chi connectivity index (χ4n) is 3.03. The van der Waals surface area contributed by atoms with Gasteiger partial charge in [-0.05, 0) is 39.8 Å². The lowest BCUT2D eigenvalue weighted by molar-refractivity contribution is -0.135. The zero-order valence-electron chi connectivity index (χ0n) is 18.0. The number of morpholine rings is 1. The van der Waals surface area contributed by atoms with Gasteiger partial charge in [0.25, 0.3) is 5.91 Å². The van der Waals surface area contributed by atoms with E-state index < -0.39 is 23.7 Å². The summed E-state index contributed by atoms with van der Waals surface area (Å²) in [5.41, 5.74) is 1.17. The smallest absolute Gasteiger partial charge is 0.410 e. The van der Waals surface area contributed by atoms with E-state index in [0.29, 0.717) is 17.1 Å². The van der Waals surface area contributed by atoms with Crippen molar-refractivity contribution in [3.63, 3.8) is 0 Å². The topological polar surface area (TPSA) is 117 Å². The van der Waals surface area contributed by atoms with E-state index in [9.17, 15) is 9.59 Å². The number of nitriles is 1. The molecular weight excluding hydrogens is 398 g/mol. The van der Waals surface area contributed by atoms with Crippen LogP contribution in [0.25, 0.3) is 11.3 Å². The summed E-state index contributed by atoms with van der Waals surface area (Å²) in [7, 11) is 0. The lowest BCUT2D eigenvalue weighted by Crippen LogP contribution is -2.55. The Labute approximate surface area is 181 Å². The van der Waals surface area contributed by atoms with Gasteiger partial charge in [-0.2, -0.15) is 5.26 Å². The van der Waals surface area contributed by atoms with E-state index >= 15 is 0 Å². The summed E-state index contributed by atoms with van der Waals surface area (Å²) in [5.74, 6) is -0.126. The molecule has 2 atom stereocenters. The summed E-state index contributed by atoms with van der Waals surface area (Å²) < 4.78 is 11.1. The van der Waals surface area contributed by atoms with Gasteiger partial charge in [0.2, 0.25) is 0 Å². The number of hydrogen-bond acceptors (Lipinski definition) is 7. The molecule has 1 saturated heterocycles. The maximum atomic E-state index is 12.8. The lowest BCUT2D eigenvalue weighted by Gasteiger charge is -2.37. The van der Waals surface area contributed by atoms with Crippen LogP contribution in [0, 0.1) is 11.3 Å². The summed E-state index contributed by atoms with van der Waals surface area (Å²) >= 11 is 0. The third-order valence-corrected chi connectivity index (χ3v) is 4.56. The van der Waals surface area contributed by atoms with E-state index in [2.05, 4.69) is 21.4 Å². The number of carbonyl (C=O) groups excluding carboxylic acids is 2. The molecule has 9 nitrogen and oxygen atoms in total. The molecule has 1 aliphatic heterocycles. The van der Waals surface area contributed by atoms with Crippen LogP contribution in [0.4, 0.5) is 10.6 Å². The highest BCUT2D eigenvalue weighted by Crippen LogP contribution is 2.21. The molecule has 1 aliphatic rings. The zero-order chi connectivity index (χ0) is 22.6. The van der Waals surface area contributed by atoms with Crippen LogP contribution in [0.2, 0.25) is 0 Å². The van der Waals surface area contributed by atoms with Gasteiger partial charge in [-0.25, -0.2) is 14.8 Å². The highest BCUT2D eigenvalue weighted by Gasteiger charge is 2.35. The van der Waals surface area contributed by atoms with Crippen molar-refractivity contribution in [3.05, 3.63) is 42.2 Å². The number of aromatic nitrogens is 2. The Balaban J connectivity index is 1.70. The van der Waals surface area contributed by atoms with E-state index in [1.165, 1.54) is 11.2 Å². The molecule has 1 N–H and O–H groups in total. The number of nitrogens with zero attached hydrogens (tertiary/aromatic N) is 4. The molecule has 9 heteroatoms. The Morgan fingerprint density at radius 3 is 2.77 bits per heavy atom. The fourth-order valence-corrected chi connectivity index (χ4v) is 3.03. The average Bonchev–Trinajstić information content (AvgIpc) is 2.73. The van der Waals surface area contributed by atoms with Gasteiger partial charge in [0.1, 0.15) is 17.7 Å². The standard InChI is InChI=1S/C22H25N5O4/c1-14-12-30-18(11-27(14)21(29)31-22(2,3)4)20(28)26-19-9-17(24-13-25-19)16-7-5-6-15(8-16)10-23/h5-9,13-14,18H,11-12H2,1-4H3,(H,24,25,26,28)/t14?,18-/m1/s1. The van der Waals surface area contributed by atoms with Crippen LogP contribution >= 0.6 is 0 Å². The van der Waals surface area contributed by atoms with Crippen molar-refractivity contribution in [3.8, 4) is 17.3 Å². The van der Waals surface area contributed by atoms with E-state index in [4.69, 9.17) is 14.7 Å². The molecule has 0 saturated carbocycles. The van der Waals surface area contributed by atoms with Crippen molar-refractivity contribution in [2.45, 2.75) is 45.4 Å². The van der Waals surface area contributed by atoms with Gasteiger partial charge in [-0.3, -0.25) is 4.79 Å². The van der Waals surface area contributed by atoms with Crippen molar-refractivity contribution in [2.24, 2.45) is 0 Å². The van der Waals surface area contributed by atoms with Gasteiger partial charge < -0.3 is 19.7 Å². The van der Waals surface area contributed by atoms with Crippen LogP contribution in [0.3, 0.4) is 0 Å². The van der Waals surface area contributed by atoms with Gasteiger partial charge in [0.05, 0.1) is 36.5 Å². The highest BCUT2D eigenvalue weighted by atomic mass is 16.6. The normalized spacial score (nSPS) is 18.7. The van der Waals surface area contributed by atoms with Gasteiger partial charge in [0, 0.05) is 11.6 Å². The van der Waals surface area contributed by atoms with Crippen LogP contribution < -0.4 is 5.32 Å². The second kappa shape index (κ2) is 9.10. The molecule has 0 spiro atoms. The van der Waals surface area contributed by atoms with Crippen molar-refractivity contribution in [2.75, 3.05) is 18.5 Å². The molecule has 3 rings (SSSR count). The van der Waals surface area contributed by atoms with Crippen LogP contribution in [0.15, 0.2) is 36.7 Å².